The van der Waals surface area contributed by atoms with Gasteiger partial charge in [-0.3, -0.25) is 4.79 Å². The molecule has 0 aliphatic heterocycles. The smallest absolute Gasteiger partial charge is 0.305 e. The van der Waals surface area contributed by atoms with Crippen molar-refractivity contribution in [3.8, 4) is 11.3 Å². The quantitative estimate of drug-likeness (QED) is 0.323. The molecule has 0 unspecified atom stereocenters. The summed E-state index contributed by atoms with van der Waals surface area (Å²) in [6, 6.07) is 5.41. The number of carbonyl (C=O) groups is 1. The topological polar surface area (TPSA) is 172 Å². The fourth-order valence-electron chi connectivity index (χ4n) is 3.71. The summed E-state index contributed by atoms with van der Waals surface area (Å²) in [4.78, 5) is 23.9. The van der Waals surface area contributed by atoms with Crippen LogP contribution in [-0.2, 0) is 21.9 Å². The molecule has 0 saturated heterocycles. The van der Waals surface area contributed by atoms with Gasteiger partial charge in [-0.15, -0.1) is 0 Å². The van der Waals surface area contributed by atoms with Crippen molar-refractivity contribution in [2.45, 2.75) is 44.8 Å². The van der Waals surface area contributed by atoms with Crippen LogP contribution in [-0.4, -0.2) is 72.9 Å². The number of nitrogens with zero attached hydrogens (tertiary/aromatic N) is 6. The zero-order valence-electron chi connectivity index (χ0n) is 21.2. The molecule has 0 aliphatic carbocycles. The predicted octanol–water partition coefficient (Wildman–Crippen LogP) is 2.23. The van der Waals surface area contributed by atoms with Crippen molar-refractivity contribution in [1.82, 2.24) is 24.7 Å². The SMILES string of the molecule is CC(C)c1nc(N(c2ncnn2C)S(C)(=O)=O)nc(-c2ccc(F)cc2)c1C=C[C@@H](O)C[C@@H](O)CC(=O)O. The average molecular weight is 549 g/mol. The van der Waals surface area contributed by atoms with Crippen molar-refractivity contribution < 1.29 is 32.9 Å². The molecular weight excluding hydrogens is 519 g/mol. The molecular formula is C24H29FN6O6S. The minimum absolute atomic E-state index is 0.0432. The average Bonchev–Trinajstić information content (AvgIpc) is 3.21. The van der Waals surface area contributed by atoms with E-state index < -0.39 is 40.4 Å². The number of anilines is 2. The van der Waals surface area contributed by atoms with E-state index in [1.807, 2.05) is 13.8 Å². The van der Waals surface area contributed by atoms with Gasteiger partial charge in [0.15, 0.2) is 0 Å². The largest absolute Gasteiger partial charge is 0.481 e. The van der Waals surface area contributed by atoms with Crippen LogP contribution < -0.4 is 4.31 Å². The van der Waals surface area contributed by atoms with Gasteiger partial charge >= 0.3 is 5.97 Å². The van der Waals surface area contributed by atoms with Crippen LogP contribution in [0.2, 0.25) is 0 Å². The van der Waals surface area contributed by atoms with Gasteiger partial charge in [-0.1, -0.05) is 26.0 Å². The number of sulfonamides is 1. The van der Waals surface area contributed by atoms with Crippen molar-refractivity contribution in [2.75, 3.05) is 10.6 Å². The van der Waals surface area contributed by atoms with Crippen LogP contribution in [0.4, 0.5) is 16.3 Å². The number of aryl methyl sites for hydroxylation is 1. The lowest BCUT2D eigenvalue weighted by Crippen LogP contribution is -2.30. The van der Waals surface area contributed by atoms with Crippen LogP contribution in [0.1, 0.15) is 43.9 Å². The maximum Gasteiger partial charge on any atom is 0.305 e. The highest BCUT2D eigenvalue weighted by Crippen LogP contribution is 2.33. The molecule has 0 spiro atoms. The number of carboxylic acid groups (broad SMARTS) is 1. The zero-order valence-corrected chi connectivity index (χ0v) is 22.0. The molecule has 0 radical (unpaired) electrons. The van der Waals surface area contributed by atoms with E-state index in [2.05, 4.69) is 20.1 Å². The fraction of sp³-hybridized carbons (Fsp3) is 0.375. The maximum atomic E-state index is 13.7. The van der Waals surface area contributed by atoms with E-state index in [-0.39, 0.29) is 29.9 Å². The molecule has 3 rings (SSSR count). The van der Waals surface area contributed by atoms with Gasteiger partial charge in [0.2, 0.25) is 21.9 Å². The molecule has 0 bridgehead atoms. The van der Waals surface area contributed by atoms with Crippen LogP contribution in [0.15, 0.2) is 36.7 Å². The third kappa shape index (κ3) is 6.96. The number of aromatic nitrogens is 5. The number of halogens is 1. The third-order valence-corrected chi connectivity index (χ3v) is 6.41. The summed E-state index contributed by atoms with van der Waals surface area (Å²) in [6.07, 6.45) is 1.84. The Morgan fingerprint density at radius 3 is 2.37 bits per heavy atom. The van der Waals surface area contributed by atoms with Gasteiger partial charge < -0.3 is 15.3 Å². The molecule has 0 fully saturated rings. The first-order valence-electron chi connectivity index (χ1n) is 11.6. The molecule has 1 aromatic carbocycles. The van der Waals surface area contributed by atoms with Crippen LogP contribution in [0, 0.1) is 5.82 Å². The molecule has 0 saturated carbocycles. The third-order valence-electron chi connectivity index (χ3n) is 5.42. The number of aliphatic hydroxyl groups is 2. The Kier molecular flexibility index (Phi) is 8.91. The zero-order chi connectivity index (χ0) is 28.2. The van der Waals surface area contributed by atoms with Crippen LogP contribution in [0.3, 0.4) is 0 Å². The van der Waals surface area contributed by atoms with Gasteiger partial charge in [0.25, 0.3) is 0 Å². The highest BCUT2D eigenvalue weighted by Gasteiger charge is 2.29. The van der Waals surface area contributed by atoms with E-state index in [9.17, 15) is 27.8 Å². The maximum absolute atomic E-state index is 13.7. The minimum atomic E-state index is -3.98. The summed E-state index contributed by atoms with van der Waals surface area (Å²) in [7, 11) is -2.47. The van der Waals surface area contributed by atoms with E-state index in [1.165, 1.54) is 54.5 Å². The Balaban J connectivity index is 2.22. The summed E-state index contributed by atoms with van der Waals surface area (Å²) in [6.45, 7) is 3.66. The lowest BCUT2D eigenvalue weighted by atomic mass is 9.97. The second-order valence-corrected chi connectivity index (χ2v) is 10.8. The Bertz CT molecular complexity index is 1420. The highest BCUT2D eigenvalue weighted by molar-refractivity contribution is 7.92. The second-order valence-electron chi connectivity index (χ2n) is 8.96. The van der Waals surface area contributed by atoms with E-state index in [1.54, 1.807) is 0 Å². The number of aliphatic hydroxyl groups excluding tert-OH is 2. The van der Waals surface area contributed by atoms with Crippen molar-refractivity contribution >= 4 is 34.0 Å². The van der Waals surface area contributed by atoms with Crippen LogP contribution in [0.5, 0.6) is 0 Å². The van der Waals surface area contributed by atoms with Crippen molar-refractivity contribution in [2.24, 2.45) is 7.05 Å². The number of benzene rings is 1. The molecule has 12 nitrogen and oxygen atoms in total. The summed E-state index contributed by atoms with van der Waals surface area (Å²) in [5.41, 5.74) is 1.54. The molecule has 2 aromatic heterocycles. The van der Waals surface area contributed by atoms with Crippen molar-refractivity contribution in [1.29, 1.82) is 0 Å². The first kappa shape index (κ1) is 28.8. The molecule has 3 N–H and O–H groups in total. The lowest BCUT2D eigenvalue weighted by molar-refractivity contribution is -0.139. The molecule has 14 heteroatoms. The fourth-order valence-corrected chi connectivity index (χ4v) is 4.55. The monoisotopic (exact) mass is 548 g/mol. The molecule has 0 aliphatic rings. The molecule has 3 aromatic rings. The van der Waals surface area contributed by atoms with Crippen LogP contribution in [0.25, 0.3) is 17.3 Å². The van der Waals surface area contributed by atoms with Gasteiger partial charge in [0.05, 0.1) is 36.3 Å². The first-order chi connectivity index (χ1) is 17.8. The summed E-state index contributed by atoms with van der Waals surface area (Å²) in [5.74, 6) is -2.19. The number of hydrogen-bond donors (Lipinski definition) is 3. The number of hydrogen-bond acceptors (Lipinski definition) is 9. The summed E-state index contributed by atoms with van der Waals surface area (Å²) >= 11 is 0. The van der Waals surface area contributed by atoms with Crippen molar-refractivity contribution in [3.05, 3.63) is 53.7 Å². The van der Waals surface area contributed by atoms with Gasteiger partial charge in [-0.25, -0.2) is 27.5 Å². The lowest BCUT2D eigenvalue weighted by Gasteiger charge is -2.22. The molecule has 38 heavy (non-hydrogen) atoms. The van der Waals surface area contributed by atoms with Crippen molar-refractivity contribution in [3.63, 3.8) is 0 Å². The minimum Gasteiger partial charge on any atom is -0.481 e. The predicted molar refractivity (Wildman–Crippen MR) is 137 cm³/mol. The number of carboxylic acids is 1. The highest BCUT2D eigenvalue weighted by atomic mass is 32.2. The Morgan fingerprint density at radius 1 is 1.18 bits per heavy atom. The first-order valence-corrected chi connectivity index (χ1v) is 13.4. The van der Waals surface area contributed by atoms with Gasteiger partial charge in [0.1, 0.15) is 12.1 Å². The van der Waals surface area contributed by atoms with E-state index in [0.717, 1.165) is 10.6 Å². The summed E-state index contributed by atoms with van der Waals surface area (Å²) in [5, 5.41) is 33.0. The van der Waals surface area contributed by atoms with Gasteiger partial charge in [0, 0.05) is 24.6 Å². The number of aliphatic carboxylic acids is 1. The molecule has 2 atom stereocenters. The molecule has 204 valence electrons. The molecule has 2 heterocycles. The van der Waals surface area contributed by atoms with Crippen LogP contribution >= 0.6 is 0 Å². The van der Waals surface area contributed by atoms with Gasteiger partial charge in [-0.05, 0) is 30.2 Å². The normalized spacial score (nSPS) is 13.7. The van der Waals surface area contributed by atoms with E-state index >= 15 is 0 Å². The Morgan fingerprint density at radius 2 is 1.84 bits per heavy atom. The van der Waals surface area contributed by atoms with E-state index in [4.69, 9.17) is 5.11 Å². The Hall–Kier alpha value is -3.75. The summed E-state index contributed by atoms with van der Waals surface area (Å²) < 4.78 is 41.5. The Labute approximate surface area is 219 Å². The van der Waals surface area contributed by atoms with Gasteiger partial charge in [-0.2, -0.15) is 14.4 Å². The van der Waals surface area contributed by atoms with E-state index in [0.29, 0.717) is 16.8 Å². The second kappa shape index (κ2) is 11.8. The number of rotatable bonds is 11. The standard InChI is InChI=1S/C24H29FN6O6S/c1-14(2)21-19(10-9-17(32)11-18(33)12-20(34)35)22(15-5-7-16(25)8-6-15)29-23(28-21)31(38(4,36)37)24-26-13-27-30(24)3/h5-10,13-14,17-18,32-33H,11-12H2,1-4H3,(H,34,35)/t17-,18-/m1/s1. The molecule has 0 amide bonds.